The van der Waals surface area contributed by atoms with Gasteiger partial charge in [-0.25, -0.2) is 13.6 Å². The molecule has 0 aliphatic carbocycles. The molecular formula is C17H17F2N3O3. The molecular weight excluding hydrogens is 332 g/mol. The van der Waals surface area contributed by atoms with Gasteiger partial charge < -0.3 is 15.2 Å². The topological polar surface area (TPSA) is 86.8 Å². The molecule has 2 rings (SSSR count). The Balaban J connectivity index is 2.31. The molecule has 6 nitrogen and oxygen atoms in total. The summed E-state index contributed by atoms with van der Waals surface area (Å²) >= 11 is 0. The van der Waals surface area contributed by atoms with Crippen molar-refractivity contribution in [2.75, 3.05) is 13.7 Å². The van der Waals surface area contributed by atoms with Crippen molar-refractivity contribution in [1.29, 1.82) is 0 Å². The number of nitrogens with zero attached hydrogens (tertiary/aromatic N) is 2. The third-order valence-corrected chi connectivity index (χ3v) is 3.07. The zero-order valence-corrected chi connectivity index (χ0v) is 13.7. The molecule has 0 saturated carbocycles. The molecule has 25 heavy (non-hydrogen) atoms. The molecule has 1 aromatic carbocycles. The lowest BCUT2D eigenvalue weighted by atomic mass is 10.1. The fourth-order valence-corrected chi connectivity index (χ4v) is 2.01. The number of aromatic nitrogens is 1. The minimum absolute atomic E-state index is 0.0606. The van der Waals surface area contributed by atoms with E-state index >= 15 is 0 Å². The molecule has 8 heteroatoms. The highest BCUT2D eigenvalue weighted by Crippen LogP contribution is 2.25. The highest BCUT2D eigenvalue weighted by Gasteiger charge is 2.14. The Morgan fingerprint density at radius 1 is 1.40 bits per heavy atom. The highest BCUT2D eigenvalue weighted by atomic mass is 19.3. The summed E-state index contributed by atoms with van der Waals surface area (Å²) in [6.07, 6.45) is 0.251. The first-order valence-corrected chi connectivity index (χ1v) is 7.33. The van der Waals surface area contributed by atoms with Crippen LogP contribution in [0.5, 0.6) is 5.75 Å². The van der Waals surface area contributed by atoms with Crippen LogP contribution in [0.2, 0.25) is 0 Å². The normalized spacial score (nSPS) is 12.5. The standard InChI is InChI=1S/C17H17F2N3O3/c1-10(20)7-16(21-2)25-17(23)11-3-4-13-12(8-11)14(5-6-22-13)24-9-15(18)19/h3-8,15H,9,20H2,1-2H3. The molecule has 0 amide bonds. The molecule has 1 heterocycles. The Morgan fingerprint density at radius 3 is 2.80 bits per heavy atom. The van der Waals surface area contributed by atoms with E-state index in [0.717, 1.165) is 0 Å². The van der Waals surface area contributed by atoms with Crippen molar-refractivity contribution in [3.8, 4) is 5.75 Å². The number of hydrogen-bond acceptors (Lipinski definition) is 6. The summed E-state index contributed by atoms with van der Waals surface area (Å²) in [4.78, 5) is 20.2. The number of aliphatic imine (C=N–C) groups is 1. The van der Waals surface area contributed by atoms with Gasteiger partial charge in [0.05, 0.1) is 11.1 Å². The fraction of sp³-hybridized carbons (Fsp3) is 0.235. The third kappa shape index (κ3) is 4.97. The van der Waals surface area contributed by atoms with Gasteiger partial charge in [-0.1, -0.05) is 0 Å². The molecule has 0 radical (unpaired) electrons. The fourth-order valence-electron chi connectivity index (χ4n) is 2.01. The summed E-state index contributed by atoms with van der Waals surface area (Å²) in [5.41, 5.74) is 6.67. The van der Waals surface area contributed by atoms with Crippen LogP contribution >= 0.6 is 0 Å². The highest BCUT2D eigenvalue weighted by molar-refractivity contribution is 6.04. The first-order valence-electron chi connectivity index (χ1n) is 7.33. The number of allylic oxidation sites excluding steroid dienone is 1. The molecule has 0 aliphatic rings. The molecule has 1 aromatic heterocycles. The molecule has 0 aliphatic heterocycles. The van der Waals surface area contributed by atoms with E-state index in [1.165, 1.54) is 37.5 Å². The van der Waals surface area contributed by atoms with Crippen LogP contribution in [0.25, 0.3) is 10.9 Å². The molecule has 0 saturated heterocycles. The van der Waals surface area contributed by atoms with E-state index < -0.39 is 19.0 Å². The van der Waals surface area contributed by atoms with Crippen LogP contribution in [0.3, 0.4) is 0 Å². The Labute approximate surface area is 143 Å². The van der Waals surface area contributed by atoms with Gasteiger partial charge in [0, 0.05) is 30.4 Å². The maximum Gasteiger partial charge on any atom is 0.344 e. The van der Waals surface area contributed by atoms with Crippen molar-refractivity contribution in [2.24, 2.45) is 10.7 Å². The maximum absolute atomic E-state index is 12.4. The first kappa shape index (κ1) is 18.3. The maximum atomic E-state index is 12.4. The van der Waals surface area contributed by atoms with Crippen molar-refractivity contribution in [1.82, 2.24) is 4.98 Å². The third-order valence-electron chi connectivity index (χ3n) is 3.07. The SMILES string of the molecule is CN=C(C=C(C)N)OC(=O)c1ccc2nccc(OCC(F)F)c2c1. The second-order valence-corrected chi connectivity index (χ2v) is 5.08. The zero-order chi connectivity index (χ0) is 18.4. The van der Waals surface area contributed by atoms with Crippen LogP contribution < -0.4 is 10.5 Å². The summed E-state index contributed by atoms with van der Waals surface area (Å²) in [7, 11) is 1.46. The van der Waals surface area contributed by atoms with Gasteiger partial charge in [-0.2, -0.15) is 0 Å². The van der Waals surface area contributed by atoms with E-state index in [1.807, 2.05) is 0 Å². The summed E-state index contributed by atoms with van der Waals surface area (Å²) in [6, 6.07) is 6.02. The number of carbonyl (C=O) groups excluding carboxylic acids is 1. The van der Waals surface area contributed by atoms with Crippen molar-refractivity contribution >= 4 is 22.8 Å². The average molecular weight is 349 g/mol. The molecule has 0 atom stereocenters. The number of carbonyl (C=O) groups is 1. The van der Waals surface area contributed by atoms with Gasteiger partial charge >= 0.3 is 5.97 Å². The predicted octanol–water partition coefficient (Wildman–Crippen LogP) is 2.93. The second kappa shape index (κ2) is 8.18. The van der Waals surface area contributed by atoms with Gasteiger partial charge in [-0.05, 0) is 31.2 Å². The summed E-state index contributed by atoms with van der Waals surface area (Å²) in [5, 5.41) is 0.429. The Bertz CT molecular complexity index is 831. The van der Waals surface area contributed by atoms with Crippen LogP contribution in [-0.2, 0) is 4.74 Å². The number of alkyl halides is 2. The van der Waals surface area contributed by atoms with Gasteiger partial charge in [0.1, 0.15) is 12.4 Å². The van der Waals surface area contributed by atoms with Crippen LogP contribution in [0.4, 0.5) is 8.78 Å². The van der Waals surface area contributed by atoms with Crippen molar-refractivity contribution in [3.63, 3.8) is 0 Å². The quantitative estimate of drug-likeness (QED) is 0.509. The van der Waals surface area contributed by atoms with Crippen LogP contribution in [0, 0.1) is 0 Å². The van der Waals surface area contributed by atoms with Crippen LogP contribution in [0.15, 0.2) is 47.2 Å². The number of pyridine rings is 1. The number of nitrogens with two attached hydrogens (primary N) is 1. The number of halogens is 2. The number of ether oxygens (including phenoxy) is 2. The average Bonchev–Trinajstić information content (AvgIpc) is 2.58. The van der Waals surface area contributed by atoms with E-state index in [0.29, 0.717) is 16.6 Å². The van der Waals surface area contributed by atoms with Crippen molar-refractivity contribution in [3.05, 3.63) is 47.8 Å². The number of rotatable bonds is 5. The first-order chi connectivity index (χ1) is 11.9. The van der Waals surface area contributed by atoms with Gasteiger partial charge in [0.15, 0.2) is 0 Å². The Kier molecular flexibility index (Phi) is 5.99. The summed E-state index contributed by atoms with van der Waals surface area (Å²) in [5.74, 6) is -0.392. The lowest BCUT2D eigenvalue weighted by Crippen LogP contribution is -2.12. The van der Waals surface area contributed by atoms with E-state index in [4.69, 9.17) is 15.2 Å². The number of hydrogen-bond donors (Lipinski definition) is 1. The predicted molar refractivity (Wildman–Crippen MR) is 90.0 cm³/mol. The van der Waals surface area contributed by atoms with Crippen molar-refractivity contribution in [2.45, 2.75) is 13.3 Å². The summed E-state index contributed by atoms with van der Waals surface area (Å²) < 4.78 is 35.0. The minimum atomic E-state index is -2.61. The number of benzene rings is 1. The molecule has 2 aromatic rings. The molecule has 0 fully saturated rings. The lowest BCUT2D eigenvalue weighted by molar-refractivity contribution is 0.0718. The van der Waals surface area contributed by atoms with Gasteiger partial charge in [-0.3, -0.25) is 9.98 Å². The van der Waals surface area contributed by atoms with E-state index in [-0.39, 0.29) is 17.2 Å². The zero-order valence-electron chi connectivity index (χ0n) is 13.7. The van der Waals surface area contributed by atoms with Gasteiger partial charge in [0.25, 0.3) is 6.43 Å². The monoisotopic (exact) mass is 349 g/mol. The molecule has 2 N–H and O–H groups in total. The van der Waals surface area contributed by atoms with Crippen LogP contribution in [-0.4, -0.2) is 36.9 Å². The Morgan fingerprint density at radius 2 is 2.16 bits per heavy atom. The molecule has 0 spiro atoms. The number of esters is 1. The van der Waals surface area contributed by atoms with Crippen LogP contribution in [0.1, 0.15) is 17.3 Å². The van der Waals surface area contributed by atoms with E-state index in [9.17, 15) is 13.6 Å². The molecule has 132 valence electrons. The van der Waals surface area contributed by atoms with E-state index in [1.54, 1.807) is 13.0 Å². The smallest absolute Gasteiger partial charge is 0.344 e. The molecule has 0 bridgehead atoms. The van der Waals surface area contributed by atoms with Gasteiger partial charge in [-0.15, -0.1) is 0 Å². The minimum Gasteiger partial charge on any atom is -0.487 e. The van der Waals surface area contributed by atoms with Crippen molar-refractivity contribution < 1.29 is 23.0 Å². The second-order valence-electron chi connectivity index (χ2n) is 5.08. The molecule has 0 unspecified atom stereocenters. The largest absolute Gasteiger partial charge is 0.487 e. The summed E-state index contributed by atoms with van der Waals surface area (Å²) in [6.45, 7) is 0.883. The lowest BCUT2D eigenvalue weighted by Gasteiger charge is -2.10. The van der Waals surface area contributed by atoms with Gasteiger partial charge in [0.2, 0.25) is 5.90 Å². The Hall–Kier alpha value is -3.03. The van der Waals surface area contributed by atoms with E-state index in [2.05, 4.69) is 9.98 Å². The number of fused-ring (bicyclic) bond motifs is 1.